The predicted octanol–water partition coefficient (Wildman–Crippen LogP) is 2.03. The molecule has 0 unspecified atom stereocenters. The van der Waals surface area contributed by atoms with Crippen LogP contribution in [0.1, 0.15) is 20.8 Å². The first-order valence-corrected chi connectivity index (χ1v) is 2.94. The van der Waals surface area contributed by atoms with Crippen molar-refractivity contribution in [2.24, 2.45) is 9.98 Å². The summed E-state index contributed by atoms with van der Waals surface area (Å²) in [6, 6.07) is 0. The summed E-state index contributed by atoms with van der Waals surface area (Å²) in [5, 5.41) is 0. The zero-order valence-corrected chi connectivity index (χ0v) is 6.13. The minimum atomic E-state index is 0.926. The Labute approximate surface area is 56.0 Å². The van der Waals surface area contributed by atoms with E-state index < -0.39 is 0 Å². The fourth-order valence-corrected chi connectivity index (χ4v) is 0.419. The number of aliphatic imine (C=N–C) groups is 2. The van der Waals surface area contributed by atoms with Crippen LogP contribution in [-0.2, 0) is 0 Å². The summed E-state index contributed by atoms with van der Waals surface area (Å²) in [5.41, 5.74) is 0.926. The van der Waals surface area contributed by atoms with E-state index in [9.17, 15) is 0 Å². The molecule has 0 fully saturated rings. The van der Waals surface area contributed by atoms with Crippen molar-refractivity contribution in [1.29, 1.82) is 0 Å². The van der Waals surface area contributed by atoms with Gasteiger partial charge in [-0.1, -0.05) is 0 Å². The lowest BCUT2D eigenvalue weighted by Crippen LogP contribution is -1.67. The first kappa shape index (κ1) is 8.08. The van der Waals surface area contributed by atoms with E-state index >= 15 is 0 Å². The highest BCUT2D eigenvalue weighted by atomic mass is 14.8. The summed E-state index contributed by atoms with van der Waals surface area (Å²) in [6.07, 6.45) is 5.20. The monoisotopic (exact) mass is 124 g/mol. The summed E-state index contributed by atoms with van der Waals surface area (Å²) < 4.78 is 0. The highest BCUT2D eigenvalue weighted by Gasteiger charge is 1.74. The Balaban J connectivity index is 3.84. The molecule has 2 nitrogen and oxygen atoms in total. The number of hydrogen-bond acceptors (Lipinski definition) is 2. The fourth-order valence-electron chi connectivity index (χ4n) is 0.419. The van der Waals surface area contributed by atoms with Crippen LogP contribution in [0.2, 0.25) is 0 Å². The van der Waals surface area contributed by atoms with Crippen LogP contribution >= 0.6 is 0 Å². The molecule has 2 heteroatoms. The normalized spacial score (nSPS) is 13.9. The van der Waals surface area contributed by atoms with Crippen molar-refractivity contribution in [2.75, 3.05) is 0 Å². The number of allylic oxidation sites excluding steroid dienone is 1. The summed E-state index contributed by atoms with van der Waals surface area (Å²) in [7, 11) is 0. The Morgan fingerprint density at radius 2 is 1.89 bits per heavy atom. The molecule has 0 aliphatic carbocycles. The highest BCUT2D eigenvalue weighted by molar-refractivity contribution is 5.56. The van der Waals surface area contributed by atoms with Gasteiger partial charge in [0.1, 0.15) is 0 Å². The van der Waals surface area contributed by atoms with Crippen molar-refractivity contribution in [1.82, 2.24) is 0 Å². The van der Waals surface area contributed by atoms with Gasteiger partial charge in [-0.3, -0.25) is 9.98 Å². The Hall–Kier alpha value is -0.920. The molecule has 0 radical (unpaired) electrons. The molecule has 0 aliphatic rings. The second-order valence-electron chi connectivity index (χ2n) is 1.57. The topological polar surface area (TPSA) is 24.7 Å². The summed E-state index contributed by atoms with van der Waals surface area (Å²) in [4.78, 5) is 7.87. The average Bonchev–Trinajstić information content (AvgIpc) is 1.85. The largest absolute Gasteiger partial charge is 0.267 e. The molecule has 0 heterocycles. The van der Waals surface area contributed by atoms with E-state index in [1.54, 1.807) is 18.6 Å². The lowest BCUT2D eigenvalue weighted by Gasteiger charge is -1.83. The number of rotatable bonds is 2. The molecule has 0 aromatic heterocycles. The molecule has 0 atom stereocenters. The van der Waals surface area contributed by atoms with Crippen LogP contribution in [0, 0.1) is 0 Å². The Kier molecular flexibility index (Phi) is 4.69. The maximum Gasteiger partial charge on any atom is 0.0550 e. The van der Waals surface area contributed by atoms with Gasteiger partial charge in [0.2, 0.25) is 0 Å². The molecule has 0 aliphatic heterocycles. The minimum Gasteiger partial charge on any atom is -0.267 e. The van der Waals surface area contributed by atoms with Gasteiger partial charge in [0.25, 0.3) is 0 Å². The summed E-state index contributed by atoms with van der Waals surface area (Å²) in [5.74, 6) is 0. The van der Waals surface area contributed by atoms with Crippen LogP contribution < -0.4 is 0 Å². The molecule has 0 saturated carbocycles. The van der Waals surface area contributed by atoms with Gasteiger partial charge in [-0.15, -0.1) is 0 Å². The SMILES string of the molecule is C\C=N/C=C(C)/N=C\C. The van der Waals surface area contributed by atoms with Crippen molar-refractivity contribution < 1.29 is 0 Å². The Morgan fingerprint density at radius 1 is 1.22 bits per heavy atom. The third kappa shape index (κ3) is 4.94. The van der Waals surface area contributed by atoms with Gasteiger partial charge in [-0.25, -0.2) is 0 Å². The Morgan fingerprint density at radius 3 is 2.33 bits per heavy atom. The Bertz CT molecular complexity index is 143. The smallest absolute Gasteiger partial charge is 0.0550 e. The van der Waals surface area contributed by atoms with E-state index in [1.807, 2.05) is 20.8 Å². The molecule has 0 aromatic rings. The van der Waals surface area contributed by atoms with Crippen LogP contribution in [-0.4, -0.2) is 12.4 Å². The number of hydrogen-bond donors (Lipinski definition) is 0. The van der Waals surface area contributed by atoms with E-state index in [-0.39, 0.29) is 0 Å². The van der Waals surface area contributed by atoms with E-state index in [0.717, 1.165) is 5.70 Å². The van der Waals surface area contributed by atoms with Crippen molar-refractivity contribution in [3.8, 4) is 0 Å². The molecule has 0 spiro atoms. The summed E-state index contributed by atoms with van der Waals surface area (Å²) >= 11 is 0. The van der Waals surface area contributed by atoms with E-state index in [0.29, 0.717) is 0 Å². The van der Waals surface area contributed by atoms with Crippen molar-refractivity contribution in [3.63, 3.8) is 0 Å². The van der Waals surface area contributed by atoms with Crippen LogP contribution in [0.4, 0.5) is 0 Å². The zero-order valence-electron chi connectivity index (χ0n) is 6.13. The second-order valence-corrected chi connectivity index (χ2v) is 1.57. The lowest BCUT2D eigenvalue weighted by molar-refractivity contribution is 1.27. The van der Waals surface area contributed by atoms with E-state index in [1.165, 1.54) is 0 Å². The quantitative estimate of drug-likeness (QED) is 0.503. The van der Waals surface area contributed by atoms with Gasteiger partial charge in [-0.2, -0.15) is 0 Å². The van der Waals surface area contributed by atoms with Gasteiger partial charge in [-0.05, 0) is 20.8 Å². The molecule has 0 amide bonds. The summed E-state index contributed by atoms with van der Waals surface area (Å²) in [6.45, 7) is 5.67. The van der Waals surface area contributed by atoms with Crippen LogP contribution in [0.15, 0.2) is 21.9 Å². The highest BCUT2D eigenvalue weighted by Crippen LogP contribution is 1.91. The third-order valence-corrected chi connectivity index (χ3v) is 0.743. The van der Waals surface area contributed by atoms with Crippen LogP contribution in [0.5, 0.6) is 0 Å². The fraction of sp³-hybridized carbons (Fsp3) is 0.429. The molecule has 0 saturated heterocycles. The van der Waals surface area contributed by atoms with Gasteiger partial charge in [0.05, 0.1) is 5.70 Å². The van der Waals surface area contributed by atoms with Crippen molar-refractivity contribution >= 4 is 12.4 Å². The molecule has 0 N–H and O–H groups in total. The average molecular weight is 124 g/mol. The molecule has 9 heavy (non-hydrogen) atoms. The molecule has 0 rings (SSSR count). The first-order valence-electron chi connectivity index (χ1n) is 2.94. The first-order chi connectivity index (χ1) is 4.31. The van der Waals surface area contributed by atoms with Crippen LogP contribution in [0.25, 0.3) is 0 Å². The molecule has 50 valence electrons. The van der Waals surface area contributed by atoms with Gasteiger partial charge >= 0.3 is 0 Å². The van der Waals surface area contributed by atoms with Gasteiger partial charge in [0, 0.05) is 18.6 Å². The molecular weight excluding hydrogens is 112 g/mol. The van der Waals surface area contributed by atoms with Gasteiger partial charge in [0.15, 0.2) is 0 Å². The predicted molar refractivity (Wildman–Crippen MR) is 42.1 cm³/mol. The van der Waals surface area contributed by atoms with Crippen molar-refractivity contribution in [3.05, 3.63) is 11.9 Å². The number of nitrogens with zero attached hydrogens (tertiary/aromatic N) is 2. The van der Waals surface area contributed by atoms with E-state index in [4.69, 9.17) is 0 Å². The van der Waals surface area contributed by atoms with Gasteiger partial charge < -0.3 is 0 Å². The molecule has 0 aromatic carbocycles. The molecular formula is C7H12N2. The minimum absolute atomic E-state index is 0.926. The lowest BCUT2D eigenvalue weighted by atomic mass is 10.5. The standard InChI is InChI=1S/C7H12N2/c1-4-8-6-7(3)9-5-2/h4-6H,1-3H3/b7-6+,8-4-,9-5-. The van der Waals surface area contributed by atoms with Crippen LogP contribution in [0.3, 0.4) is 0 Å². The molecule has 0 bridgehead atoms. The third-order valence-electron chi connectivity index (χ3n) is 0.743. The van der Waals surface area contributed by atoms with E-state index in [2.05, 4.69) is 9.98 Å². The second kappa shape index (κ2) is 5.22. The van der Waals surface area contributed by atoms with Crippen molar-refractivity contribution in [2.45, 2.75) is 20.8 Å². The maximum atomic E-state index is 3.98. The maximum absolute atomic E-state index is 3.98. The zero-order chi connectivity index (χ0) is 7.11.